The molecule has 1 amide bonds. The van der Waals surface area contributed by atoms with Crippen LogP contribution in [-0.4, -0.2) is 20.6 Å². The van der Waals surface area contributed by atoms with E-state index in [1.54, 1.807) is 18.2 Å². The summed E-state index contributed by atoms with van der Waals surface area (Å²) in [6, 6.07) is 14.5. The summed E-state index contributed by atoms with van der Waals surface area (Å²) in [5, 5.41) is 14.9. The Labute approximate surface area is 171 Å². The second kappa shape index (κ2) is 7.89. The molecule has 0 aliphatic carbocycles. The molecule has 4 rings (SSSR count). The largest absolute Gasteiger partial charge is 0.506 e. The Kier molecular flexibility index (Phi) is 5.14. The molecular weight excluding hydrogens is 386 g/mol. The van der Waals surface area contributed by atoms with E-state index in [0.717, 1.165) is 16.7 Å². The zero-order chi connectivity index (χ0) is 20.4. The molecule has 7 heteroatoms. The van der Waals surface area contributed by atoms with Crippen molar-refractivity contribution in [3.05, 3.63) is 76.2 Å². The highest BCUT2D eigenvalue weighted by Crippen LogP contribution is 2.30. The number of aromatic hydroxyl groups is 1. The van der Waals surface area contributed by atoms with Gasteiger partial charge in [0.05, 0.1) is 17.4 Å². The Hall–Kier alpha value is -3.45. The van der Waals surface area contributed by atoms with Gasteiger partial charge in [-0.2, -0.15) is 0 Å². The number of benzene rings is 2. The predicted octanol–water partition coefficient (Wildman–Crippen LogP) is 4.17. The monoisotopic (exact) mass is 405 g/mol. The molecule has 0 atom stereocenters. The van der Waals surface area contributed by atoms with Crippen LogP contribution in [0, 0.1) is 6.92 Å². The lowest BCUT2D eigenvalue weighted by molar-refractivity contribution is -0.116. The first-order chi connectivity index (χ1) is 14.0. The van der Waals surface area contributed by atoms with Crippen LogP contribution in [-0.2, 0) is 11.3 Å². The highest BCUT2D eigenvalue weighted by molar-refractivity contribution is 7.17. The van der Waals surface area contributed by atoms with Crippen molar-refractivity contribution < 1.29 is 9.90 Å². The smallest absolute Gasteiger partial charge is 0.262 e. The summed E-state index contributed by atoms with van der Waals surface area (Å²) < 4.78 is 1.46. The first-order valence-corrected chi connectivity index (χ1v) is 10.0. The minimum atomic E-state index is -0.289. The number of hydrogen-bond acceptors (Lipinski definition) is 5. The second-order valence-corrected chi connectivity index (χ2v) is 7.61. The molecule has 0 fully saturated rings. The maximum atomic E-state index is 13.0. The van der Waals surface area contributed by atoms with Gasteiger partial charge in [0, 0.05) is 23.9 Å². The van der Waals surface area contributed by atoms with Gasteiger partial charge in [0.25, 0.3) is 5.56 Å². The zero-order valence-electron chi connectivity index (χ0n) is 15.8. The van der Waals surface area contributed by atoms with E-state index < -0.39 is 0 Å². The summed E-state index contributed by atoms with van der Waals surface area (Å²) in [5.41, 5.74) is 3.16. The van der Waals surface area contributed by atoms with E-state index in [1.807, 2.05) is 36.6 Å². The van der Waals surface area contributed by atoms with E-state index in [4.69, 9.17) is 0 Å². The summed E-state index contributed by atoms with van der Waals surface area (Å²) in [6.45, 7) is 2.22. The standard InChI is InChI=1S/C22H19N3O3S/c1-14-6-8-15(9-7-14)16-12-29-21-20(16)22(28)25(13-23-21)11-10-19(27)24-17-4-2-3-5-18(17)26/h2-9,12-13,26H,10-11H2,1H3,(H,24,27). The van der Waals surface area contributed by atoms with Crippen molar-refractivity contribution in [3.8, 4) is 16.9 Å². The van der Waals surface area contributed by atoms with Gasteiger partial charge < -0.3 is 10.4 Å². The molecule has 2 N–H and O–H groups in total. The molecule has 0 saturated carbocycles. The number of aryl methyl sites for hydroxylation is 2. The van der Waals surface area contributed by atoms with Gasteiger partial charge in [-0.25, -0.2) is 4.98 Å². The van der Waals surface area contributed by atoms with E-state index >= 15 is 0 Å². The van der Waals surface area contributed by atoms with Gasteiger partial charge in [0.1, 0.15) is 10.6 Å². The quantitative estimate of drug-likeness (QED) is 0.488. The molecule has 0 bridgehead atoms. The van der Waals surface area contributed by atoms with Gasteiger partial charge in [-0.05, 0) is 24.6 Å². The van der Waals surface area contributed by atoms with Gasteiger partial charge in [-0.15, -0.1) is 11.3 Å². The third kappa shape index (κ3) is 3.90. The Morgan fingerprint density at radius 1 is 1.17 bits per heavy atom. The van der Waals surface area contributed by atoms with E-state index in [2.05, 4.69) is 10.3 Å². The molecule has 6 nitrogen and oxygen atoms in total. The first kappa shape index (κ1) is 18.9. The van der Waals surface area contributed by atoms with Crippen LogP contribution in [0.1, 0.15) is 12.0 Å². The predicted molar refractivity (Wildman–Crippen MR) is 115 cm³/mol. The topological polar surface area (TPSA) is 84.2 Å². The molecule has 0 aliphatic rings. The number of nitrogens with zero attached hydrogens (tertiary/aromatic N) is 2. The van der Waals surface area contributed by atoms with E-state index in [1.165, 1.54) is 28.3 Å². The highest BCUT2D eigenvalue weighted by Gasteiger charge is 2.14. The number of amides is 1. The van der Waals surface area contributed by atoms with Crippen molar-refractivity contribution in [1.29, 1.82) is 0 Å². The fourth-order valence-corrected chi connectivity index (χ4v) is 3.99. The molecule has 0 radical (unpaired) electrons. The number of nitrogens with one attached hydrogen (secondary N) is 1. The molecule has 4 aromatic rings. The maximum Gasteiger partial charge on any atom is 0.262 e. The molecule has 0 aliphatic heterocycles. The number of carbonyl (C=O) groups is 1. The van der Waals surface area contributed by atoms with Crippen molar-refractivity contribution in [2.75, 3.05) is 5.32 Å². The zero-order valence-corrected chi connectivity index (χ0v) is 16.6. The van der Waals surface area contributed by atoms with Crippen LogP contribution in [0.15, 0.2) is 65.0 Å². The molecule has 146 valence electrons. The van der Waals surface area contributed by atoms with Gasteiger partial charge in [0.2, 0.25) is 5.91 Å². The number of hydrogen-bond donors (Lipinski definition) is 2. The molecule has 0 saturated heterocycles. The van der Waals surface area contributed by atoms with Gasteiger partial charge >= 0.3 is 0 Å². The average molecular weight is 405 g/mol. The number of carbonyl (C=O) groups excluding carboxylic acids is 1. The van der Waals surface area contributed by atoms with Crippen LogP contribution in [0.2, 0.25) is 0 Å². The molecule has 2 aromatic heterocycles. The Morgan fingerprint density at radius 2 is 1.93 bits per heavy atom. The number of aromatic nitrogens is 2. The normalized spacial score (nSPS) is 10.9. The van der Waals surface area contributed by atoms with Crippen LogP contribution in [0.5, 0.6) is 5.75 Å². The Morgan fingerprint density at radius 3 is 2.69 bits per heavy atom. The molecule has 2 heterocycles. The van der Waals surface area contributed by atoms with Gasteiger partial charge in [-0.1, -0.05) is 42.0 Å². The van der Waals surface area contributed by atoms with Crippen molar-refractivity contribution in [3.63, 3.8) is 0 Å². The summed E-state index contributed by atoms with van der Waals surface area (Å²) in [5.74, 6) is -0.287. The number of thiophene rings is 1. The summed E-state index contributed by atoms with van der Waals surface area (Å²) in [6.07, 6.45) is 1.57. The van der Waals surface area contributed by atoms with Gasteiger partial charge in [-0.3, -0.25) is 14.2 Å². The van der Waals surface area contributed by atoms with E-state index in [0.29, 0.717) is 15.9 Å². The lowest BCUT2D eigenvalue weighted by Crippen LogP contribution is -2.23. The fourth-order valence-electron chi connectivity index (χ4n) is 3.09. The van der Waals surface area contributed by atoms with Gasteiger partial charge in [0.15, 0.2) is 0 Å². The van der Waals surface area contributed by atoms with Crippen LogP contribution in [0.4, 0.5) is 5.69 Å². The third-order valence-electron chi connectivity index (χ3n) is 4.68. The third-order valence-corrected chi connectivity index (χ3v) is 5.57. The summed E-state index contributed by atoms with van der Waals surface area (Å²) in [7, 11) is 0. The summed E-state index contributed by atoms with van der Waals surface area (Å²) in [4.78, 5) is 30.3. The van der Waals surface area contributed by atoms with Crippen LogP contribution in [0.3, 0.4) is 0 Å². The number of anilines is 1. The molecule has 0 spiro atoms. The number of phenols is 1. The van der Waals surface area contributed by atoms with Crippen molar-refractivity contribution in [2.24, 2.45) is 0 Å². The fraction of sp³-hybridized carbons (Fsp3) is 0.136. The molecule has 29 heavy (non-hydrogen) atoms. The minimum Gasteiger partial charge on any atom is -0.506 e. The maximum absolute atomic E-state index is 13.0. The molecule has 2 aromatic carbocycles. The SMILES string of the molecule is Cc1ccc(-c2csc3ncn(CCC(=O)Nc4ccccc4O)c(=O)c23)cc1. The van der Waals surface area contributed by atoms with E-state index in [9.17, 15) is 14.7 Å². The number of para-hydroxylation sites is 2. The Balaban J connectivity index is 1.57. The van der Waals surface area contributed by atoms with Crippen LogP contribution >= 0.6 is 11.3 Å². The first-order valence-electron chi connectivity index (χ1n) is 9.14. The summed E-state index contributed by atoms with van der Waals surface area (Å²) >= 11 is 1.43. The lowest BCUT2D eigenvalue weighted by atomic mass is 10.1. The highest BCUT2D eigenvalue weighted by atomic mass is 32.1. The lowest BCUT2D eigenvalue weighted by Gasteiger charge is -2.08. The van der Waals surface area contributed by atoms with Crippen molar-refractivity contribution >= 4 is 33.1 Å². The van der Waals surface area contributed by atoms with Crippen LogP contribution < -0.4 is 10.9 Å². The second-order valence-electron chi connectivity index (χ2n) is 6.75. The minimum absolute atomic E-state index is 0.00196. The average Bonchev–Trinajstić information content (AvgIpc) is 3.15. The van der Waals surface area contributed by atoms with Crippen molar-refractivity contribution in [1.82, 2.24) is 9.55 Å². The van der Waals surface area contributed by atoms with Crippen molar-refractivity contribution in [2.45, 2.75) is 19.9 Å². The Bertz CT molecular complexity index is 1240. The number of phenolic OH excluding ortho intramolecular Hbond substituents is 1. The molecule has 0 unspecified atom stereocenters. The number of rotatable bonds is 5. The van der Waals surface area contributed by atoms with Crippen LogP contribution in [0.25, 0.3) is 21.3 Å². The molecular formula is C22H19N3O3S. The number of fused-ring (bicyclic) bond motifs is 1. The van der Waals surface area contributed by atoms with E-state index in [-0.39, 0.29) is 30.2 Å².